The molecule has 2 amide bonds. The van der Waals surface area contributed by atoms with Gasteiger partial charge in [0.15, 0.2) is 0 Å². The molecule has 7 atom stereocenters. The lowest BCUT2D eigenvalue weighted by Gasteiger charge is -2.41. The Balaban J connectivity index is 2.07. The van der Waals surface area contributed by atoms with Crippen LogP contribution in [0.4, 0.5) is 0 Å². The van der Waals surface area contributed by atoms with Crippen molar-refractivity contribution in [3.8, 4) is 0 Å². The van der Waals surface area contributed by atoms with Gasteiger partial charge in [0.1, 0.15) is 17.6 Å². The average molecular weight is 561 g/mol. The summed E-state index contributed by atoms with van der Waals surface area (Å²) in [7, 11) is 0. The van der Waals surface area contributed by atoms with Crippen molar-refractivity contribution in [1.82, 2.24) is 9.80 Å². The standard InChI is InChI=1S/C32H52N2O6/c1-8-12-13-14-19-39-30(38)26-25-28(36)34(24(21-35)20-22(5)6)27(32(25)17-16-31(26,11-4)40-32)29(37)33(18-10-3)23(7)15-9-2/h8,10,22-27,35H,1,3,9,11-21H2,2,4-7H3/t23?,24-,25+,26-,27?,31+,32?/m1/s1. The van der Waals surface area contributed by atoms with E-state index in [-0.39, 0.29) is 37.0 Å². The first-order valence-corrected chi connectivity index (χ1v) is 15.4. The molecule has 0 aliphatic carbocycles. The van der Waals surface area contributed by atoms with E-state index in [4.69, 9.17) is 9.47 Å². The molecule has 3 fully saturated rings. The number of hydrogen-bond donors (Lipinski definition) is 1. The number of carbonyl (C=O) groups excluding carboxylic acids is 3. The Hall–Kier alpha value is -2.19. The van der Waals surface area contributed by atoms with E-state index in [0.29, 0.717) is 38.6 Å². The molecule has 0 aromatic rings. The minimum Gasteiger partial charge on any atom is -0.465 e. The summed E-state index contributed by atoms with van der Waals surface area (Å²) in [4.78, 5) is 46.1. The smallest absolute Gasteiger partial charge is 0.312 e. The molecular formula is C32H52N2O6. The van der Waals surface area contributed by atoms with E-state index in [2.05, 4.69) is 20.1 Å². The predicted octanol–water partition coefficient (Wildman–Crippen LogP) is 4.65. The fourth-order valence-electron chi connectivity index (χ4n) is 7.52. The highest BCUT2D eigenvalue weighted by molar-refractivity contribution is 5.99. The molecule has 40 heavy (non-hydrogen) atoms. The summed E-state index contributed by atoms with van der Waals surface area (Å²) >= 11 is 0. The number of rotatable bonds is 17. The van der Waals surface area contributed by atoms with Gasteiger partial charge in [0.25, 0.3) is 0 Å². The molecule has 2 bridgehead atoms. The molecule has 3 heterocycles. The van der Waals surface area contributed by atoms with Gasteiger partial charge in [-0.2, -0.15) is 0 Å². The van der Waals surface area contributed by atoms with Gasteiger partial charge in [0, 0.05) is 12.6 Å². The predicted molar refractivity (Wildman–Crippen MR) is 155 cm³/mol. The third-order valence-electron chi connectivity index (χ3n) is 9.35. The molecule has 8 heteroatoms. The molecule has 3 saturated heterocycles. The van der Waals surface area contributed by atoms with Crippen LogP contribution in [0.3, 0.4) is 0 Å². The Morgan fingerprint density at radius 1 is 1.20 bits per heavy atom. The van der Waals surface area contributed by atoms with Crippen LogP contribution in [-0.2, 0) is 23.9 Å². The summed E-state index contributed by atoms with van der Waals surface area (Å²) < 4.78 is 12.6. The number of esters is 1. The zero-order valence-electron chi connectivity index (χ0n) is 25.4. The Bertz CT molecular complexity index is 936. The topological polar surface area (TPSA) is 96.4 Å². The first-order chi connectivity index (χ1) is 19.1. The van der Waals surface area contributed by atoms with Crippen LogP contribution in [0, 0.1) is 17.8 Å². The summed E-state index contributed by atoms with van der Waals surface area (Å²) in [6, 6.07) is -1.53. The summed E-state index contributed by atoms with van der Waals surface area (Å²) in [5, 5.41) is 10.5. The van der Waals surface area contributed by atoms with Gasteiger partial charge in [-0.1, -0.05) is 46.3 Å². The maximum atomic E-state index is 14.6. The first kappa shape index (κ1) is 32.3. The average Bonchev–Trinajstić information content (AvgIpc) is 3.53. The third-order valence-corrected chi connectivity index (χ3v) is 9.35. The highest BCUT2D eigenvalue weighted by Crippen LogP contribution is 2.65. The zero-order valence-corrected chi connectivity index (χ0v) is 25.4. The summed E-state index contributed by atoms with van der Waals surface area (Å²) in [6.45, 7) is 18.1. The van der Waals surface area contributed by atoms with Gasteiger partial charge >= 0.3 is 5.97 Å². The first-order valence-electron chi connectivity index (χ1n) is 15.4. The summed E-state index contributed by atoms with van der Waals surface area (Å²) in [6.07, 6.45) is 9.90. The SMILES string of the molecule is C=CCCCCOC(=O)[C@H]1[C@H]2C(=O)N([C@@H](CO)CC(C)C)C(C(=O)N(CC=C)C(C)CCC)C23CC[C@]1(CC)O3. The molecule has 0 saturated carbocycles. The van der Waals surface area contributed by atoms with Crippen LogP contribution in [0.1, 0.15) is 92.4 Å². The van der Waals surface area contributed by atoms with Gasteiger partial charge < -0.3 is 24.4 Å². The second-order valence-corrected chi connectivity index (χ2v) is 12.4. The van der Waals surface area contributed by atoms with Crippen LogP contribution in [0.15, 0.2) is 25.3 Å². The lowest BCUT2D eigenvalue weighted by molar-refractivity contribution is -0.164. The van der Waals surface area contributed by atoms with Crippen LogP contribution in [0.25, 0.3) is 0 Å². The Morgan fingerprint density at radius 3 is 2.50 bits per heavy atom. The van der Waals surface area contributed by atoms with E-state index in [1.165, 1.54) is 0 Å². The summed E-state index contributed by atoms with van der Waals surface area (Å²) in [5.41, 5.74) is -1.97. The molecule has 3 unspecified atom stereocenters. The van der Waals surface area contributed by atoms with Crippen LogP contribution in [0.5, 0.6) is 0 Å². The van der Waals surface area contributed by atoms with Crippen LogP contribution < -0.4 is 0 Å². The minimum atomic E-state index is -1.13. The normalized spacial score (nSPS) is 30.3. The van der Waals surface area contributed by atoms with Crippen LogP contribution >= 0.6 is 0 Å². The number of unbranched alkanes of at least 4 members (excludes halogenated alkanes) is 2. The van der Waals surface area contributed by atoms with Crippen molar-refractivity contribution in [2.45, 2.75) is 122 Å². The van der Waals surface area contributed by atoms with Crippen molar-refractivity contribution < 1.29 is 29.0 Å². The fourth-order valence-corrected chi connectivity index (χ4v) is 7.52. The van der Waals surface area contributed by atoms with Crippen molar-refractivity contribution in [3.05, 3.63) is 25.3 Å². The molecule has 0 radical (unpaired) electrons. The maximum Gasteiger partial charge on any atom is 0.312 e. The number of hydrogen-bond acceptors (Lipinski definition) is 6. The van der Waals surface area contributed by atoms with Gasteiger partial charge in [-0.3, -0.25) is 14.4 Å². The second-order valence-electron chi connectivity index (χ2n) is 12.4. The highest BCUT2D eigenvalue weighted by Gasteiger charge is 2.79. The summed E-state index contributed by atoms with van der Waals surface area (Å²) in [5.74, 6) is -2.29. The molecule has 226 valence electrons. The molecular weight excluding hydrogens is 508 g/mol. The Morgan fingerprint density at radius 2 is 1.93 bits per heavy atom. The number of ether oxygens (including phenoxy) is 2. The number of likely N-dealkylation sites (tertiary alicyclic amines) is 1. The molecule has 3 rings (SSSR count). The largest absolute Gasteiger partial charge is 0.465 e. The Labute approximate surface area is 241 Å². The van der Waals surface area contributed by atoms with Crippen molar-refractivity contribution in [2.24, 2.45) is 17.8 Å². The van der Waals surface area contributed by atoms with Crippen LogP contribution in [-0.4, -0.2) is 81.8 Å². The molecule has 1 N–H and O–H groups in total. The highest BCUT2D eigenvalue weighted by atomic mass is 16.6. The van der Waals surface area contributed by atoms with Gasteiger partial charge in [0.2, 0.25) is 11.8 Å². The molecule has 3 aliphatic rings. The Kier molecular flexibility index (Phi) is 11.0. The number of amides is 2. The lowest BCUT2D eigenvalue weighted by atomic mass is 9.65. The lowest BCUT2D eigenvalue weighted by Crippen LogP contribution is -2.60. The van der Waals surface area contributed by atoms with E-state index in [1.807, 2.05) is 33.8 Å². The fraction of sp³-hybridized carbons (Fsp3) is 0.781. The number of allylic oxidation sites excluding steroid dienone is 1. The number of fused-ring (bicyclic) bond motifs is 1. The number of nitrogens with zero attached hydrogens (tertiary/aromatic N) is 2. The van der Waals surface area contributed by atoms with E-state index < -0.39 is 41.1 Å². The molecule has 1 spiro atoms. The van der Waals surface area contributed by atoms with Gasteiger partial charge in [-0.15, -0.1) is 13.2 Å². The number of aliphatic hydroxyl groups excluding tert-OH is 1. The number of aliphatic hydroxyl groups is 1. The monoisotopic (exact) mass is 560 g/mol. The molecule has 8 nitrogen and oxygen atoms in total. The van der Waals surface area contributed by atoms with Crippen LogP contribution in [0.2, 0.25) is 0 Å². The van der Waals surface area contributed by atoms with Gasteiger partial charge in [0.05, 0.1) is 30.8 Å². The van der Waals surface area contributed by atoms with E-state index in [1.54, 1.807) is 15.9 Å². The quantitative estimate of drug-likeness (QED) is 0.158. The molecule has 0 aromatic carbocycles. The molecule has 0 aromatic heterocycles. The van der Waals surface area contributed by atoms with E-state index in [0.717, 1.165) is 25.7 Å². The zero-order chi connectivity index (χ0) is 29.7. The van der Waals surface area contributed by atoms with E-state index >= 15 is 0 Å². The second kappa shape index (κ2) is 13.6. The van der Waals surface area contributed by atoms with Crippen molar-refractivity contribution in [2.75, 3.05) is 19.8 Å². The van der Waals surface area contributed by atoms with Gasteiger partial charge in [-0.25, -0.2) is 0 Å². The van der Waals surface area contributed by atoms with E-state index in [9.17, 15) is 19.5 Å². The molecule has 3 aliphatic heterocycles. The third kappa shape index (κ3) is 5.76. The van der Waals surface area contributed by atoms with Crippen molar-refractivity contribution in [3.63, 3.8) is 0 Å². The maximum absolute atomic E-state index is 14.6. The number of carbonyl (C=O) groups is 3. The van der Waals surface area contributed by atoms with Crippen molar-refractivity contribution in [1.29, 1.82) is 0 Å². The van der Waals surface area contributed by atoms with Crippen molar-refractivity contribution >= 4 is 17.8 Å². The minimum absolute atomic E-state index is 0.0596. The van der Waals surface area contributed by atoms with Gasteiger partial charge in [-0.05, 0) is 64.2 Å².